The lowest BCUT2D eigenvalue weighted by molar-refractivity contribution is -0.117. The first-order chi connectivity index (χ1) is 11.5. The summed E-state index contributed by atoms with van der Waals surface area (Å²) in [5.41, 5.74) is 2.18. The van der Waals surface area contributed by atoms with Crippen molar-refractivity contribution in [2.45, 2.75) is 27.3 Å². The molecule has 0 aliphatic rings. The predicted molar refractivity (Wildman–Crippen MR) is 91.6 cm³/mol. The Morgan fingerprint density at radius 3 is 2.29 bits per heavy atom. The predicted octanol–water partition coefficient (Wildman–Crippen LogP) is 2.40. The van der Waals surface area contributed by atoms with Gasteiger partial charge in [-0.3, -0.25) is 14.5 Å². The van der Waals surface area contributed by atoms with Gasteiger partial charge in [0.2, 0.25) is 11.8 Å². The fourth-order valence-electron chi connectivity index (χ4n) is 2.24. The Kier molecular flexibility index (Phi) is 6.08. The van der Waals surface area contributed by atoms with Gasteiger partial charge in [-0.25, -0.2) is 0 Å². The molecule has 2 aromatic rings. The van der Waals surface area contributed by atoms with Crippen LogP contribution in [0.1, 0.15) is 25.3 Å². The molecule has 0 saturated heterocycles. The third-order valence-corrected chi connectivity index (χ3v) is 3.37. The van der Waals surface area contributed by atoms with Crippen molar-refractivity contribution >= 4 is 23.2 Å². The maximum Gasteiger partial charge on any atom is 0.238 e. The second-order valence-electron chi connectivity index (χ2n) is 5.54. The highest BCUT2D eigenvalue weighted by molar-refractivity contribution is 5.93. The Labute approximate surface area is 141 Å². The largest absolute Gasteiger partial charge is 0.361 e. The lowest BCUT2D eigenvalue weighted by atomic mass is 10.2. The quantitative estimate of drug-likeness (QED) is 0.814. The van der Waals surface area contributed by atoms with Crippen molar-refractivity contribution in [2.24, 2.45) is 0 Å². The van der Waals surface area contributed by atoms with Gasteiger partial charge >= 0.3 is 0 Å². The van der Waals surface area contributed by atoms with Crippen LogP contribution in [0.3, 0.4) is 0 Å². The summed E-state index contributed by atoms with van der Waals surface area (Å²) >= 11 is 0. The number of nitrogens with zero attached hydrogens (tertiary/aromatic N) is 2. The molecule has 0 saturated carbocycles. The molecule has 2 rings (SSSR count). The highest BCUT2D eigenvalue weighted by Gasteiger charge is 2.12. The molecule has 1 aromatic carbocycles. The first-order valence-electron chi connectivity index (χ1n) is 7.78. The van der Waals surface area contributed by atoms with E-state index in [0.29, 0.717) is 17.9 Å². The van der Waals surface area contributed by atoms with Gasteiger partial charge in [0.25, 0.3) is 0 Å². The summed E-state index contributed by atoms with van der Waals surface area (Å²) in [5, 5.41) is 9.47. The summed E-state index contributed by atoms with van der Waals surface area (Å²) in [4.78, 5) is 25.1. The molecule has 7 nitrogen and oxygen atoms in total. The molecule has 0 unspecified atom stereocenters. The van der Waals surface area contributed by atoms with Crippen LogP contribution in [0.4, 0.5) is 11.4 Å². The summed E-state index contributed by atoms with van der Waals surface area (Å²) in [6.07, 6.45) is 0. The van der Waals surface area contributed by atoms with Gasteiger partial charge in [0.1, 0.15) is 5.76 Å². The van der Waals surface area contributed by atoms with Crippen LogP contribution >= 0.6 is 0 Å². The number of hydrogen-bond donors (Lipinski definition) is 2. The molecule has 1 aromatic heterocycles. The molecular formula is C17H22N4O3. The zero-order valence-electron chi connectivity index (χ0n) is 14.1. The van der Waals surface area contributed by atoms with Gasteiger partial charge in [-0.15, -0.1) is 0 Å². The lowest BCUT2D eigenvalue weighted by Gasteiger charge is -2.18. The third kappa shape index (κ3) is 5.51. The molecular weight excluding hydrogens is 308 g/mol. The lowest BCUT2D eigenvalue weighted by Crippen LogP contribution is -2.32. The van der Waals surface area contributed by atoms with E-state index >= 15 is 0 Å². The van der Waals surface area contributed by atoms with Gasteiger partial charge in [0, 0.05) is 30.9 Å². The number of amides is 2. The van der Waals surface area contributed by atoms with Crippen LogP contribution < -0.4 is 10.6 Å². The first kappa shape index (κ1) is 17.7. The molecule has 1 heterocycles. The Hall–Kier alpha value is -2.67. The van der Waals surface area contributed by atoms with Crippen molar-refractivity contribution in [2.75, 3.05) is 23.7 Å². The van der Waals surface area contributed by atoms with E-state index in [2.05, 4.69) is 15.8 Å². The molecule has 2 amide bonds. The Bertz CT molecular complexity index is 694. The third-order valence-electron chi connectivity index (χ3n) is 3.37. The van der Waals surface area contributed by atoms with Gasteiger partial charge in [0.05, 0.1) is 12.2 Å². The number of aryl methyl sites for hydroxylation is 1. The Morgan fingerprint density at radius 2 is 1.79 bits per heavy atom. The average molecular weight is 330 g/mol. The molecule has 0 aliphatic carbocycles. The normalized spacial score (nSPS) is 10.7. The maximum absolute atomic E-state index is 12.2. The van der Waals surface area contributed by atoms with E-state index in [1.165, 1.54) is 6.92 Å². The molecule has 0 aliphatic heterocycles. The SMILES string of the molecule is CCN(CC(=O)Nc1ccc(NC(C)=O)cc1)Cc1cc(C)on1. The summed E-state index contributed by atoms with van der Waals surface area (Å²) in [6, 6.07) is 8.85. The molecule has 7 heteroatoms. The van der Waals surface area contributed by atoms with E-state index in [9.17, 15) is 9.59 Å². The number of rotatable bonds is 7. The number of carbonyl (C=O) groups excluding carboxylic acids is 2. The summed E-state index contributed by atoms with van der Waals surface area (Å²) < 4.78 is 5.04. The van der Waals surface area contributed by atoms with Crippen LogP contribution in [-0.4, -0.2) is 35.0 Å². The van der Waals surface area contributed by atoms with Crippen LogP contribution in [0.5, 0.6) is 0 Å². The zero-order chi connectivity index (χ0) is 17.5. The molecule has 0 atom stereocenters. The number of benzene rings is 1. The van der Waals surface area contributed by atoms with Crippen LogP contribution in [0.15, 0.2) is 34.9 Å². The minimum Gasteiger partial charge on any atom is -0.361 e. The minimum atomic E-state index is -0.131. The highest BCUT2D eigenvalue weighted by atomic mass is 16.5. The van der Waals surface area contributed by atoms with Gasteiger partial charge in [-0.2, -0.15) is 0 Å². The fourth-order valence-corrected chi connectivity index (χ4v) is 2.24. The number of nitrogens with one attached hydrogen (secondary N) is 2. The van der Waals surface area contributed by atoms with E-state index in [1.807, 2.05) is 24.8 Å². The fraction of sp³-hybridized carbons (Fsp3) is 0.353. The average Bonchev–Trinajstić information content (AvgIpc) is 2.93. The van der Waals surface area contributed by atoms with Crippen molar-refractivity contribution in [3.63, 3.8) is 0 Å². The number of likely N-dealkylation sites (N-methyl/N-ethyl adjacent to an activating group) is 1. The molecule has 2 N–H and O–H groups in total. The topological polar surface area (TPSA) is 87.5 Å². The van der Waals surface area contributed by atoms with Crippen LogP contribution in [0.25, 0.3) is 0 Å². The van der Waals surface area contributed by atoms with E-state index in [1.54, 1.807) is 24.3 Å². The van der Waals surface area contributed by atoms with Gasteiger partial charge in [-0.05, 0) is 37.7 Å². The smallest absolute Gasteiger partial charge is 0.238 e. The van der Waals surface area contributed by atoms with Crippen LogP contribution in [-0.2, 0) is 16.1 Å². The van der Waals surface area contributed by atoms with Crippen LogP contribution in [0.2, 0.25) is 0 Å². The van der Waals surface area contributed by atoms with E-state index in [-0.39, 0.29) is 18.4 Å². The van der Waals surface area contributed by atoms with E-state index in [0.717, 1.165) is 18.0 Å². The van der Waals surface area contributed by atoms with Gasteiger partial charge < -0.3 is 15.2 Å². The molecule has 0 spiro atoms. The van der Waals surface area contributed by atoms with Gasteiger partial charge in [-0.1, -0.05) is 12.1 Å². The number of anilines is 2. The molecule has 24 heavy (non-hydrogen) atoms. The first-order valence-corrected chi connectivity index (χ1v) is 7.78. The second kappa shape index (κ2) is 8.26. The molecule has 128 valence electrons. The van der Waals surface area contributed by atoms with Crippen molar-refractivity contribution < 1.29 is 14.1 Å². The second-order valence-corrected chi connectivity index (χ2v) is 5.54. The van der Waals surface area contributed by atoms with Crippen molar-refractivity contribution in [3.8, 4) is 0 Å². The van der Waals surface area contributed by atoms with Crippen LogP contribution in [0, 0.1) is 6.92 Å². The van der Waals surface area contributed by atoms with E-state index in [4.69, 9.17) is 4.52 Å². The number of carbonyl (C=O) groups is 2. The highest BCUT2D eigenvalue weighted by Crippen LogP contribution is 2.13. The van der Waals surface area contributed by atoms with Crippen molar-refractivity contribution in [1.29, 1.82) is 0 Å². The monoisotopic (exact) mass is 330 g/mol. The Morgan fingerprint density at radius 1 is 1.17 bits per heavy atom. The molecule has 0 bridgehead atoms. The summed E-state index contributed by atoms with van der Waals surface area (Å²) in [5.74, 6) is 0.516. The van der Waals surface area contributed by atoms with Gasteiger partial charge in [0.15, 0.2) is 0 Å². The van der Waals surface area contributed by atoms with Crippen molar-refractivity contribution in [3.05, 3.63) is 41.8 Å². The number of hydrogen-bond acceptors (Lipinski definition) is 5. The summed E-state index contributed by atoms with van der Waals surface area (Å²) in [6.45, 7) is 6.82. The number of aromatic nitrogens is 1. The van der Waals surface area contributed by atoms with E-state index < -0.39 is 0 Å². The summed E-state index contributed by atoms with van der Waals surface area (Å²) in [7, 11) is 0. The molecule has 0 radical (unpaired) electrons. The zero-order valence-corrected chi connectivity index (χ0v) is 14.1. The molecule has 0 fully saturated rings. The Balaban J connectivity index is 1.87. The standard InChI is InChI=1S/C17H22N4O3/c1-4-21(10-16-9-12(2)24-20-16)11-17(23)19-15-7-5-14(6-8-15)18-13(3)22/h5-9H,4,10-11H2,1-3H3,(H,18,22)(H,19,23). The minimum absolute atomic E-state index is 0.107. The maximum atomic E-state index is 12.2. The van der Waals surface area contributed by atoms with Crippen molar-refractivity contribution in [1.82, 2.24) is 10.1 Å².